The second-order valence-electron chi connectivity index (χ2n) is 3.01. The molecule has 0 fully saturated rings. The molecule has 1 heterocycles. The summed E-state index contributed by atoms with van der Waals surface area (Å²) in [6, 6.07) is 6.30. The van der Waals surface area contributed by atoms with Crippen LogP contribution >= 0.6 is 0 Å². The van der Waals surface area contributed by atoms with Crippen LogP contribution in [0.2, 0.25) is 0 Å². The van der Waals surface area contributed by atoms with E-state index in [0.29, 0.717) is 17.9 Å². The lowest BCUT2D eigenvalue weighted by Crippen LogP contribution is -1.92. The van der Waals surface area contributed by atoms with E-state index in [2.05, 4.69) is 5.16 Å². The van der Waals surface area contributed by atoms with E-state index >= 15 is 0 Å². The van der Waals surface area contributed by atoms with Gasteiger partial charge in [-0.05, 0) is 17.7 Å². The first-order chi connectivity index (χ1) is 6.75. The van der Waals surface area contributed by atoms with E-state index < -0.39 is 0 Å². The molecule has 0 aliphatic rings. The minimum Gasteiger partial charge on any atom is -0.395 e. The van der Waals surface area contributed by atoms with Crippen molar-refractivity contribution in [2.45, 2.75) is 6.42 Å². The number of halogens is 1. The highest BCUT2D eigenvalue weighted by Gasteiger charge is 2.05. The molecule has 4 heteroatoms. The summed E-state index contributed by atoms with van der Waals surface area (Å²) >= 11 is 0. The lowest BCUT2D eigenvalue weighted by atomic mass is 10.1. The summed E-state index contributed by atoms with van der Waals surface area (Å²) in [6.45, 7) is 0. The summed E-state index contributed by atoms with van der Waals surface area (Å²) in [7, 11) is 0. The maximum absolute atomic E-state index is 12.8. The van der Waals surface area contributed by atoms with Crippen LogP contribution in [-0.2, 0) is 6.42 Å². The predicted molar refractivity (Wildman–Crippen MR) is 50.1 cm³/mol. The van der Waals surface area contributed by atoms with Crippen molar-refractivity contribution in [2.75, 3.05) is 5.73 Å². The van der Waals surface area contributed by atoms with Gasteiger partial charge in [0, 0.05) is 6.42 Å². The second-order valence-corrected chi connectivity index (χ2v) is 3.01. The van der Waals surface area contributed by atoms with E-state index in [-0.39, 0.29) is 5.82 Å². The zero-order valence-corrected chi connectivity index (χ0v) is 7.40. The Balaban J connectivity index is 2.23. The van der Waals surface area contributed by atoms with Gasteiger partial charge < -0.3 is 10.3 Å². The Bertz CT molecular complexity index is 439. The minimum absolute atomic E-state index is 0.263. The van der Waals surface area contributed by atoms with Gasteiger partial charge in [-0.3, -0.25) is 0 Å². The number of benzene rings is 1. The molecule has 0 saturated heterocycles. The molecule has 0 radical (unpaired) electrons. The maximum Gasteiger partial charge on any atom is 0.163 e. The Morgan fingerprint density at radius 2 is 2.29 bits per heavy atom. The highest BCUT2D eigenvalue weighted by Crippen LogP contribution is 2.15. The third-order valence-electron chi connectivity index (χ3n) is 1.93. The highest BCUT2D eigenvalue weighted by atomic mass is 19.1. The first kappa shape index (κ1) is 8.74. The van der Waals surface area contributed by atoms with Gasteiger partial charge in [-0.25, -0.2) is 4.39 Å². The normalized spacial score (nSPS) is 10.4. The molecule has 1 aromatic heterocycles. The largest absolute Gasteiger partial charge is 0.395 e. The molecule has 3 nitrogen and oxygen atoms in total. The van der Waals surface area contributed by atoms with Crippen LogP contribution in [0.4, 0.5) is 10.1 Å². The lowest BCUT2D eigenvalue weighted by molar-refractivity contribution is 0.390. The van der Waals surface area contributed by atoms with Crippen LogP contribution in [-0.4, -0.2) is 5.16 Å². The molecule has 14 heavy (non-hydrogen) atoms. The van der Waals surface area contributed by atoms with Gasteiger partial charge in [0.25, 0.3) is 0 Å². The van der Waals surface area contributed by atoms with E-state index in [0.717, 1.165) is 5.56 Å². The smallest absolute Gasteiger partial charge is 0.163 e. The summed E-state index contributed by atoms with van der Waals surface area (Å²) in [5.41, 5.74) is 6.88. The SMILES string of the molecule is Nc1cnoc1Cc1cccc(F)c1. The fourth-order valence-corrected chi connectivity index (χ4v) is 1.24. The van der Waals surface area contributed by atoms with Crippen LogP contribution < -0.4 is 5.73 Å². The van der Waals surface area contributed by atoms with Gasteiger partial charge >= 0.3 is 0 Å². The van der Waals surface area contributed by atoms with Crippen molar-refractivity contribution in [3.05, 3.63) is 47.6 Å². The van der Waals surface area contributed by atoms with Crippen molar-refractivity contribution in [3.8, 4) is 0 Å². The summed E-state index contributed by atoms with van der Waals surface area (Å²) in [5.74, 6) is 0.302. The first-order valence-electron chi connectivity index (χ1n) is 4.19. The molecule has 2 rings (SSSR count). The zero-order valence-electron chi connectivity index (χ0n) is 7.40. The Hall–Kier alpha value is -1.84. The molecule has 0 saturated carbocycles. The minimum atomic E-state index is -0.263. The fourth-order valence-electron chi connectivity index (χ4n) is 1.24. The van der Waals surface area contributed by atoms with Crippen molar-refractivity contribution >= 4 is 5.69 Å². The molecule has 0 aliphatic carbocycles. The second kappa shape index (κ2) is 3.49. The highest BCUT2D eigenvalue weighted by molar-refractivity contribution is 5.40. The lowest BCUT2D eigenvalue weighted by Gasteiger charge is -1.98. The van der Waals surface area contributed by atoms with Gasteiger partial charge in [-0.2, -0.15) is 0 Å². The molecule has 2 N–H and O–H groups in total. The summed E-state index contributed by atoms with van der Waals surface area (Å²) in [4.78, 5) is 0. The fraction of sp³-hybridized carbons (Fsp3) is 0.100. The first-order valence-corrected chi connectivity index (χ1v) is 4.19. The Kier molecular flexibility index (Phi) is 2.18. The molecule has 0 spiro atoms. The van der Waals surface area contributed by atoms with Gasteiger partial charge in [-0.1, -0.05) is 17.3 Å². The van der Waals surface area contributed by atoms with Crippen molar-refractivity contribution in [1.29, 1.82) is 0 Å². The van der Waals surface area contributed by atoms with Crippen molar-refractivity contribution in [3.63, 3.8) is 0 Å². The summed E-state index contributed by atoms with van der Waals surface area (Å²) < 4.78 is 17.7. The van der Waals surface area contributed by atoms with Gasteiger partial charge in [0.1, 0.15) is 5.82 Å². The summed E-state index contributed by atoms with van der Waals surface area (Å²) in [6.07, 6.45) is 1.90. The molecule has 0 unspecified atom stereocenters. The number of rotatable bonds is 2. The monoisotopic (exact) mass is 192 g/mol. The zero-order chi connectivity index (χ0) is 9.97. The molecule has 0 aliphatic heterocycles. The average molecular weight is 192 g/mol. The van der Waals surface area contributed by atoms with Gasteiger partial charge in [0.15, 0.2) is 5.76 Å². The number of hydrogen-bond donors (Lipinski definition) is 1. The third kappa shape index (κ3) is 1.74. The van der Waals surface area contributed by atoms with Gasteiger partial charge in [0.2, 0.25) is 0 Å². The molecule has 0 bridgehead atoms. The van der Waals surface area contributed by atoms with Crippen LogP contribution in [0.3, 0.4) is 0 Å². The number of anilines is 1. The summed E-state index contributed by atoms with van der Waals surface area (Å²) in [5, 5.41) is 3.55. The van der Waals surface area contributed by atoms with E-state index in [1.165, 1.54) is 18.3 Å². The van der Waals surface area contributed by atoms with Crippen LogP contribution in [0.1, 0.15) is 11.3 Å². The number of nitrogen functional groups attached to an aromatic ring is 1. The van der Waals surface area contributed by atoms with Crippen LogP contribution in [0.25, 0.3) is 0 Å². The van der Waals surface area contributed by atoms with Crippen molar-refractivity contribution in [1.82, 2.24) is 5.16 Å². The molecule has 0 amide bonds. The number of aromatic nitrogens is 1. The van der Waals surface area contributed by atoms with Crippen LogP contribution in [0.15, 0.2) is 35.0 Å². The number of nitrogens with two attached hydrogens (primary N) is 1. The molecule has 0 atom stereocenters. The van der Waals surface area contributed by atoms with Crippen molar-refractivity contribution in [2.24, 2.45) is 0 Å². The standard InChI is InChI=1S/C10H9FN2O/c11-8-3-1-2-7(4-8)5-10-9(12)6-13-14-10/h1-4,6H,5,12H2. The van der Waals surface area contributed by atoms with Crippen molar-refractivity contribution < 1.29 is 8.91 Å². The third-order valence-corrected chi connectivity index (χ3v) is 1.93. The molecular weight excluding hydrogens is 183 g/mol. The topological polar surface area (TPSA) is 52.0 Å². The maximum atomic E-state index is 12.8. The molecular formula is C10H9FN2O. The number of nitrogens with zero attached hydrogens (tertiary/aromatic N) is 1. The molecule has 1 aromatic carbocycles. The van der Waals surface area contributed by atoms with Crippen LogP contribution in [0, 0.1) is 5.82 Å². The average Bonchev–Trinajstić information content (AvgIpc) is 2.52. The molecule has 72 valence electrons. The van der Waals surface area contributed by atoms with Gasteiger partial charge in [-0.15, -0.1) is 0 Å². The molecule has 2 aromatic rings. The van der Waals surface area contributed by atoms with Gasteiger partial charge in [0.05, 0.1) is 11.9 Å². The van der Waals surface area contributed by atoms with E-state index in [1.54, 1.807) is 6.07 Å². The van der Waals surface area contributed by atoms with Crippen LogP contribution in [0.5, 0.6) is 0 Å². The quantitative estimate of drug-likeness (QED) is 0.791. The van der Waals surface area contributed by atoms with E-state index in [1.807, 2.05) is 6.07 Å². The Labute approximate surface area is 80.3 Å². The van der Waals surface area contributed by atoms with E-state index in [9.17, 15) is 4.39 Å². The van der Waals surface area contributed by atoms with E-state index in [4.69, 9.17) is 10.3 Å². The Morgan fingerprint density at radius 1 is 1.43 bits per heavy atom. The predicted octanol–water partition coefficient (Wildman–Crippen LogP) is 1.99. The number of hydrogen-bond acceptors (Lipinski definition) is 3. The Morgan fingerprint density at radius 3 is 2.93 bits per heavy atom.